The second-order valence-corrected chi connectivity index (χ2v) is 4.23. The number of nitrogens with one attached hydrogen (secondary N) is 1. The molecule has 1 N–H and O–H groups in total. The van der Waals surface area contributed by atoms with Gasteiger partial charge in [-0.2, -0.15) is 5.10 Å². The van der Waals surface area contributed by atoms with Crippen molar-refractivity contribution in [3.8, 4) is 0 Å². The third-order valence-corrected chi connectivity index (χ3v) is 2.84. The van der Waals surface area contributed by atoms with E-state index in [2.05, 4.69) is 10.5 Å². The molecule has 0 atom stereocenters. The first kappa shape index (κ1) is 13.9. The van der Waals surface area contributed by atoms with Crippen LogP contribution in [-0.4, -0.2) is 11.6 Å². The molecule has 3 nitrogen and oxygen atoms in total. The van der Waals surface area contributed by atoms with Crippen LogP contribution in [0.4, 0.5) is 4.39 Å². The van der Waals surface area contributed by atoms with E-state index in [4.69, 9.17) is 0 Å². The molecule has 102 valence electrons. The van der Waals surface area contributed by atoms with Gasteiger partial charge >= 0.3 is 0 Å². The fourth-order valence-corrected chi connectivity index (χ4v) is 1.76. The summed E-state index contributed by atoms with van der Waals surface area (Å²) in [5.41, 5.74) is 4.63. The Kier molecular flexibility index (Phi) is 4.60. The van der Waals surface area contributed by atoms with Crippen molar-refractivity contribution in [1.82, 2.24) is 5.43 Å². The number of rotatable bonds is 4. The van der Waals surface area contributed by atoms with Gasteiger partial charge in [0.2, 0.25) is 0 Å². The van der Waals surface area contributed by atoms with Crippen LogP contribution in [0, 0.1) is 5.82 Å². The van der Waals surface area contributed by atoms with Crippen molar-refractivity contribution in [2.75, 3.05) is 0 Å². The minimum Gasteiger partial charge on any atom is -0.267 e. The number of carbonyl (C=O) groups is 1. The number of benzene rings is 2. The predicted octanol–water partition coefficient (Wildman–Crippen LogP) is 3.37. The first-order valence-corrected chi connectivity index (χ1v) is 6.38. The molecule has 0 aliphatic carbocycles. The van der Waals surface area contributed by atoms with E-state index in [9.17, 15) is 9.18 Å². The Bertz CT molecular complexity index is 606. The summed E-state index contributed by atoms with van der Waals surface area (Å²) < 4.78 is 12.8. The largest absolute Gasteiger partial charge is 0.271 e. The molecular formula is C16H15FN2O. The van der Waals surface area contributed by atoms with Gasteiger partial charge in [0, 0.05) is 5.56 Å². The number of hydrazone groups is 1. The first-order valence-electron chi connectivity index (χ1n) is 6.38. The van der Waals surface area contributed by atoms with Crippen LogP contribution in [0.25, 0.3) is 0 Å². The lowest BCUT2D eigenvalue weighted by molar-refractivity contribution is 0.0955. The van der Waals surface area contributed by atoms with Gasteiger partial charge in [-0.25, -0.2) is 9.82 Å². The Morgan fingerprint density at radius 3 is 2.30 bits per heavy atom. The molecule has 0 spiro atoms. The van der Waals surface area contributed by atoms with Crippen LogP contribution in [-0.2, 0) is 0 Å². The number of hydrogen-bond acceptors (Lipinski definition) is 2. The van der Waals surface area contributed by atoms with Gasteiger partial charge in [0.1, 0.15) is 5.82 Å². The van der Waals surface area contributed by atoms with E-state index in [0.717, 1.165) is 11.3 Å². The van der Waals surface area contributed by atoms with Crippen molar-refractivity contribution in [3.63, 3.8) is 0 Å². The summed E-state index contributed by atoms with van der Waals surface area (Å²) in [5.74, 6) is -0.726. The van der Waals surface area contributed by atoms with E-state index < -0.39 is 0 Å². The lowest BCUT2D eigenvalue weighted by Crippen LogP contribution is -2.19. The molecule has 2 aromatic rings. The minimum atomic E-state index is -0.372. The van der Waals surface area contributed by atoms with E-state index in [1.807, 2.05) is 37.3 Å². The molecular weight excluding hydrogens is 255 g/mol. The van der Waals surface area contributed by atoms with Crippen molar-refractivity contribution in [2.45, 2.75) is 13.3 Å². The highest BCUT2D eigenvalue weighted by Crippen LogP contribution is 2.05. The van der Waals surface area contributed by atoms with Gasteiger partial charge in [-0.15, -0.1) is 0 Å². The zero-order valence-corrected chi connectivity index (χ0v) is 11.1. The highest BCUT2D eigenvalue weighted by Gasteiger charge is 2.06. The van der Waals surface area contributed by atoms with Crippen molar-refractivity contribution in [3.05, 3.63) is 71.5 Å². The molecule has 0 fully saturated rings. The molecule has 0 bridgehead atoms. The summed E-state index contributed by atoms with van der Waals surface area (Å²) in [6.07, 6.45) is 0.702. The minimum absolute atomic E-state index is 0.355. The number of hydrogen-bond donors (Lipinski definition) is 1. The molecule has 0 saturated heterocycles. The van der Waals surface area contributed by atoms with Crippen molar-refractivity contribution in [2.24, 2.45) is 5.10 Å². The average Bonchev–Trinajstić information content (AvgIpc) is 2.49. The van der Waals surface area contributed by atoms with E-state index in [1.165, 1.54) is 24.3 Å². The molecule has 20 heavy (non-hydrogen) atoms. The molecule has 4 heteroatoms. The van der Waals surface area contributed by atoms with Crippen LogP contribution in [0.3, 0.4) is 0 Å². The number of halogens is 1. The molecule has 0 aromatic heterocycles. The number of carbonyl (C=O) groups excluding carboxylic acids is 1. The summed E-state index contributed by atoms with van der Waals surface area (Å²) in [5, 5.41) is 4.13. The van der Waals surface area contributed by atoms with E-state index in [1.54, 1.807) is 0 Å². The van der Waals surface area contributed by atoms with Gasteiger partial charge in [0.25, 0.3) is 5.91 Å². The Balaban J connectivity index is 2.11. The van der Waals surface area contributed by atoms with Gasteiger partial charge in [-0.3, -0.25) is 4.79 Å². The third kappa shape index (κ3) is 3.51. The quantitative estimate of drug-likeness (QED) is 0.671. The first-order chi connectivity index (χ1) is 9.70. The van der Waals surface area contributed by atoms with Crippen LogP contribution in [0.1, 0.15) is 29.3 Å². The monoisotopic (exact) mass is 270 g/mol. The molecule has 0 unspecified atom stereocenters. The predicted molar refractivity (Wildman–Crippen MR) is 77.1 cm³/mol. The molecule has 0 aliphatic rings. The maximum atomic E-state index is 12.8. The van der Waals surface area contributed by atoms with Crippen molar-refractivity contribution < 1.29 is 9.18 Å². The number of amides is 1. The zero-order chi connectivity index (χ0) is 14.4. The Morgan fingerprint density at radius 2 is 1.70 bits per heavy atom. The smallest absolute Gasteiger partial charge is 0.267 e. The number of nitrogens with zero attached hydrogens (tertiary/aromatic N) is 1. The molecule has 0 saturated carbocycles. The van der Waals surface area contributed by atoms with E-state index in [0.29, 0.717) is 12.0 Å². The second-order valence-electron chi connectivity index (χ2n) is 4.23. The second kappa shape index (κ2) is 6.61. The van der Waals surface area contributed by atoms with Crippen LogP contribution >= 0.6 is 0 Å². The van der Waals surface area contributed by atoms with Gasteiger partial charge < -0.3 is 0 Å². The maximum absolute atomic E-state index is 12.8. The molecule has 2 rings (SSSR count). The van der Waals surface area contributed by atoms with Crippen LogP contribution in [0.5, 0.6) is 0 Å². The fourth-order valence-electron chi connectivity index (χ4n) is 1.76. The summed E-state index contributed by atoms with van der Waals surface area (Å²) in [6.45, 7) is 1.97. The maximum Gasteiger partial charge on any atom is 0.271 e. The van der Waals surface area contributed by atoms with Gasteiger partial charge in [0.05, 0.1) is 5.71 Å². The Morgan fingerprint density at radius 1 is 1.05 bits per heavy atom. The Labute approximate surface area is 117 Å². The van der Waals surface area contributed by atoms with Crippen LogP contribution < -0.4 is 5.43 Å². The van der Waals surface area contributed by atoms with Crippen LogP contribution in [0.2, 0.25) is 0 Å². The normalized spacial score (nSPS) is 11.2. The van der Waals surface area contributed by atoms with E-state index in [-0.39, 0.29) is 11.7 Å². The molecule has 2 aromatic carbocycles. The third-order valence-electron chi connectivity index (χ3n) is 2.84. The summed E-state index contributed by atoms with van der Waals surface area (Å²) in [6, 6.07) is 15.0. The fraction of sp³-hybridized carbons (Fsp3) is 0.125. The lowest BCUT2D eigenvalue weighted by atomic mass is 10.1. The van der Waals surface area contributed by atoms with Gasteiger partial charge in [0.15, 0.2) is 0 Å². The molecule has 0 aliphatic heterocycles. The highest BCUT2D eigenvalue weighted by atomic mass is 19.1. The zero-order valence-electron chi connectivity index (χ0n) is 11.1. The van der Waals surface area contributed by atoms with E-state index >= 15 is 0 Å². The van der Waals surface area contributed by atoms with Crippen molar-refractivity contribution in [1.29, 1.82) is 0 Å². The van der Waals surface area contributed by atoms with Crippen molar-refractivity contribution >= 4 is 11.6 Å². The standard InChI is InChI=1S/C16H15FN2O/c1-2-15(12-6-4-3-5-7-12)18-19-16(20)13-8-10-14(17)11-9-13/h3-11H,2H2,1H3,(H,19,20)/b18-15+. The lowest BCUT2D eigenvalue weighted by Gasteiger charge is -2.05. The average molecular weight is 270 g/mol. The molecule has 1 amide bonds. The summed E-state index contributed by atoms with van der Waals surface area (Å²) in [4.78, 5) is 11.9. The molecule has 0 radical (unpaired) electrons. The summed E-state index contributed by atoms with van der Waals surface area (Å²) >= 11 is 0. The Hall–Kier alpha value is -2.49. The SMILES string of the molecule is CC/C(=N\NC(=O)c1ccc(F)cc1)c1ccccc1. The summed E-state index contributed by atoms with van der Waals surface area (Å²) in [7, 11) is 0. The van der Waals surface area contributed by atoms with Gasteiger partial charge in [-0.05, 0) is 36.2 Å². The van der Waals surface area contributed by atoms with Gasteiger partial charge in [-0.1, -0.05) is 37.3 Å². The topological polar surface area (TPSA) is 41.5 Å². The highest BCUT2D eigenvalue weighted by molar-refractivity contribution is 6.02. The van der Waals surface area contributed by atoms with Crippen LogP contribution in [0.15, 0.2) is 59.7 Å². The molecule has 0 heterocycles.